The van der Waals surface area contributed by atoms with Gasteiger partial charge in [-0.05, 0) is 47.1 Å². The first-order valence-corrected chi connectivity index (χ1v) is 12.7. The molecule has 184 valence electrons. The average Bonchev–Trinajstić information content (AvgIpc) is 3.38. The Morgan fingerprint density at radius 2 is 1.81 bits per heavy atom. The number of nitrogens with zero attached hydrogens (tertiary/aromatic N) is 5. The van der Waals surface area contributed by atoms with Gasteiger partial charge in [0.15, 0.2) is 5.13 Å². The molecule has 4 N–H and O–H groups in total. The van der Waals surface area contributed by atoms with Crippen molar-refractivity contribution in [1.29, 1.82) is 10.5 Å². The van der Waals surface area contributed by atoms with Crippen molar-refractivity contribution in [3.05, 3.63) is 75.6 Å². The third-order valence-electron chi connectivity index (χ3n) is 5.05. The SMILES string of the molecule is N#Cc1c(N)nc(SCc2csc(Nc3ccc(N=O)cc3)n2)c(C#N)c1-c1ccc(OCCO)cc1. The molecule has 0 radical (unpaired) electrons. The summed E-state index contributed by atoms with van der Waals surface area (Å²) in [7, 11) is 0. The molecule has 10 nitrogen and oxygen atoms in total. The summed E-state index contributed by atoms with van der Waals surface area (Å²) < 4.78 is 5.40. The van der Waals surface area contributed by atoms with Gasteiger partial charge >= 0.3 is 0 Å². The summed E-state index contributed by atoms with van der Waals surface area (Å²) in [5.74, 6) is 1.01. The Labute approximate surface area is 220 Å². The van der Waals surface area contributed by atoms with Crippen LogP contribution in [-0.2, 0) is 5.75 Å². The van der Waals surface area contributed by atoms with Gasteiger partial charge in [0.2, 0.25) is 0 Å². The van der Waals surface area contributed by atoms with Gasteiger partial charge in [0, 0.05) is 22.4 Å². The van der Waals surface area contributed by atoms with Crippen molar-refractivity contribution in [3.63, 3.8) is 0 Å². The Morgan fingerprint density at radius 1 is 1.08 bits per heavy atom. The number of hydrogen-bond acceptors (Lipinski definition) is 12. The summed E-state index contributed by atoms with van der Waals surface area (Å²) in [5.41, 5.74) is 9.39. The maximum atomic E-state index is 10.6. The number of rotatable bonds is 10. The molecule has 4 aromatic rings. The van der Waals surface area contributed by atoms with Crippen LogP contribution in [0.5, 0.6) is 5.75 Å². The van der Waals surface area contributed by atoms with Crippen LogP contribution in [0.3, 0.4) is 0 Å². The molecule has 0 aliphatic heterocycles. The number of aliphatic hydroxyl groups excluding tert-OH is 1. The largest absolute Gasteiger partial charge is 0.491 e. The van der Waals surface area contributed by atoms with E-state index in [0.717, 1.165) is 11.4 Å². The molecule has 2 aromatic heterocycles. The van der Waals surface area contributed by atoms with E-state index in [-0.39, 0.29) is 30.2 Å². The van der Waals surface area contributed by atoms with Crippen LogP contribution in [0.2, 0.25) is 0 Å². The molecule has 0 atom stereocenters. The quantitative estimate of drug-likeness (QED) is 0.180. The third-order valence-corrected chi connectivity index (χ3v) is 6.87. The van der Waals surface area contributed by atoms with Gasteiger partial charge in [0.05, 0.1) is 17.9 Å². The number of thiazole rings is 1. The lowest BCUT2D eigenvalue weighted by atomic mass is 9.97. The van der Waals surface area contributed by atoms with E-state index >= 15 is 0 Å². The molecular weight excluding hydrogens is 510 g/mol. The van der Waals surface area contributed by atoms with Crippen molar-refractivity contribution in [3.8, 4) is 29.0 Å². The fourth-order valence-corrected chi connectivity index (χ4v) is 5.10. The standard InChI is InChI=1S/C25H19N7O3S2/c26-11-20-22(15-1-7-19(8-2-15)35-10-9-33)21(12-27)24(31-23(20)28)36-13-18-14-37-25(30-18)29-16-3-5-17(32-34)6-4-16/h1-8,14,33H,9-10,13H2,(H2,28,31)(H,29,30). The second kappa shape index (κ2) is 12.0. The van der Waals surface area contributed by atoms with Gasteiger partial charge < -0.3 is 20.9 Å². The van der Waals surface area contributed by atoms with Crippen molar-refractivity contribution in [2.24, 2.45) is 5.18 Å². The highest BCUT2D eigenvalue weighted by molar-refractivity contribution is 7.98. The lowest BCUT2D eigenvalue weighted by Crippen LogP contribution is -2.04. The molecule has 0 saturated heterocycles. The zero-order valence-corrected chi connectivity index (χ0v) is 20.8. The molecule has 0 amide bonds. The summed E-state index contributed by atoms with van der Waals surface area (Å²) >= 11 is 2.71. The lowest BCUT2D eigenvalue weighted by Gasteiger charge is -2.13. The second-order valence-corrected chi connectivity index (χ2v) is 9.27. The minimum atomic E-state index is -0.108. The van der Waals surface area contributed by atoms with E-state index in [1.165, 1.54) is 23.1 Å². The van der Waals surface area contributed by atoms with Crippen LogP contribution >= 0.6 is 23.1 Å². The van der Waals surface area contributed by atoms with Gasteiger partial charge in [-0.2, -0.15) is 10.5 Å². The fraction of sp³-hybridized carbons (Fsp3) is 0.120. The smallest absolute Gasteiger partial charge is 0.187 e. The van der Waals surface area contributed by atoms with E-state index in [0.29, 0.717) is 38.5 Å². The van der Waals surface area contributed by atoms with Gasteiger partial charge in [-0.1, -0.05) is 23.9 Å². The molecule has 0 spiro atoms. The van der Waals surface area contributed by atoms with Crippen LogP contribution in [0.25, 0.3) is 11.1 Å². The van der Waals surface area contributed by atoms with Crippen LogP contribution in [0.15, 0.2) is 64.1 Å². The Bertz CT molecular complexity index is 1490. The molecule has 0 fully saturated rings. The first-order valence-electron chi connectivity index (χ1n) is 10.8. The number of ether oxygens (including phenoxy) is 1. The van der Waals surface area contributed by atoms with Crippen LogP contribution in [0.4, 0.5) is 22.3 Å². The van der Waals surface area contributed by atoms with Crippen molar-refractivity contribution in [2.45, 2.75) is 10.8 Å². The van der Waals surface area contributed by atoms with E-state index in [1.807, 2.05) is 5.38 Å². The highest BCUT2D eigenvalue weighted by Crippen LogP contribution is 2.37. The number of aromatic nitrogens is 2. The number of nitrogen functional groups attached to an aromatic ring is 1. The van der Waals surface area contributed by atoms with Crippen molar-refractivity contribution in [2.75, 3.05) is 24.3 Å². The molecule has 4 rings (SSSR count). The Morgan fingerprint density at radius 3 is 2.46 bits per heavy atom. The molecular formula is C25H19N7O3S2. The molecule has 37 heavy (non-hydrogen) atoms. The molecule has 0 aliphatic rings. The number of benzene rings is 2. The molecule has 0 unspecified atom stereocenters. The lowest BCUT2D eigenvalue weighted by molar-refractivity contribution is 0.201. The van der Waals surface area contributed by atoms with Gasteiger partial charge in [-0.25, -0.2) is 9.97 Å². The van der Waals surface area contributed by atoms with Crippen molar-refractivity contribution < 1.29 is 9.84 Å². The van der Waals surface area contributed by atoms with Crippen LogP contribution in [0.1, 0.15) is 16.8 Å². The minimum absolute atomic E-state index is 0.0356. The fourth-order valence-electron chi connectivity index (χ4n) is 3.37. The summed E-state index contributed by atoms with van der Waals surface area (Å²) in [6, 6.07) is 17.8. The van der Waals surface area contributed by atoms with E-state index in [1.54, 1.807) is 48.5 Å². The van der Waals surface area contributed by atoms with Crippen molar-refractivity contribution >= 4 is 45.4 Å². The maximum absolute atomic E-state index is 10.6. The first-order chi connectivity index (χ1) is 18.1. The highest BCUT2D eigenvalue weighted by Gasteiger charge is 2.21. The maximum Gasteiger partial charge on any atom is 0.187 e. The Hall–Kier alpha value is -4.49. The summed E-state index contributed by atoms with van der Waals surface area (Å²) in [6.07, 6.45) is 0. The predicted octanol–water partition coefficient (Wildman–Crippen LogP) is 5.34. The third kappa shape index (κ3) is 6.02. The topological polar surface area (TPSA) is 170 Å². The summed E-state index contributed by atoms with van der Waals surface area (Å²) in [4.78, 5) is 19.5. The Balaban J connectivity index is 1.56. The number of aliphatic hydroxyl groups is 1. The monoisotopic (exact) mass is 529 g/mol. The van der Waals surface area contributed by atoms with Gasteiger partial charge in [0.25, 0.3) is 0 Å². The predicted molar refractivity (Wildman–Crippen MR) is 143 cm³/mol. The van der Waals surface area contributed by atoms with E-state index < -0.39 is 0 Å². The zero-order valence-electron chi connectivity index (χ0n) is 19.2. The van der Waals surface area contributed by atoms with Crippen LogP contribution in [0, 0.1) is 27.6 Å². The summed E-state index contributed by atoms with van der Waals surface area (Å²) in [5, 5.41) is 37.7. The number of nitriles is 2. The molecule has 0 bridgehead atoms. The van der Waals surface area contributed by atoms with E-state index in [2.05, 4.69) is 32.6 Å². The van der Waals surface area contributed by atoms with Crippen molar-refractivity contribution in [1.82, 2.24) is 9.97 Å². The highest BCUT2D eigenvalue weighted by atomic mass is 32.2. The van der Waals surface area contributed by atoms with Gasteiger partial charge in [0.1, 0.15) is 46.6 Å². The number of hydrogen-bond donors (Lipinski definition) is 3. The zero-order chi connectivity index (χ0) is 26.2. The average molecular weight is 530 g/mol. The van der Waals surface area contributed by atoms with Gasteiger partial charge in [-0.3, -0.25) is 0 Å². The second-order valence-electron chi connectivity index (χ2n) is 7.44. The number of nitroso groups, excluding NO2 is 1. The Kier molecular flexibility index (Phi) is 8.28. The molecule has 12 heteroatoms. The normalized spacial score (nSPS) is 10.4. The number of thioether (sulfide) groups is 1. The van der Waals surface area contributed by atoms with Crippen LogP contribution < -0.4 is 15.8 Å². The molecule has 2 heterocycles. The molecule has 0 saturated carbocycles. The summed E-state index contributed by atoms with van der Waals surface area (Å²) in [6.45, 7) is 0.0517. The van der Waals surface area contributed by atoms with Crippen LogP contribution in [-0.4, -0.2) is 28.3 Å². The molecule has 0 aliphatic carbocycles. The minimum Gasteiger partial charge on any atom is -0.491 e. The number of pyridine rings is 1. The number of nitrogens with two attached hydrogens (primary N) is 1. The van der Waals surface area contributed by atoms with E-state index in [4.69, 9.17) is 15.6 Å². The van der Waals surface area contributed by atoms with Gasteiger partial charge in [-0.15, -0.1) is 16.2 Å². The number of anilines is 3. The first kappa shape index (κ1) is 25.6. The van der Waals surface area contributed by atoms with E-state index in [9.17, 15) is 15.4 Å². The number of nitrogens with one attached hydrogen (secondary N) is 1. The molecule has 2 aromatic carbocycles.